The van der Waals surface area contributed by atoms with Crippen molar-refractivity contribution in [3.05, 3.63) is 0 Å². The van der Waals surface area contributed by atoms with Crippen molar-refractivity contribution in [3.8, 4) is 0 Å². The summed E-state index contributed by atoms with van der Waals surface area (Å²) in [6.07, 6.45) is 3.44. The van der Waals surface area contributed by atoms with E-state index in [0.717, 1.165) is 13.0 Å². The molecule has 3 nitrogen and oxygen atoms in total. The van der Waals surface area contributed by atoms with Gasteiger partial charge in [0, 0.05) is 13.2 Å². The van der Waals surface area contributed by atoms with Gasteiger partial charge in [0.05, 0.1) is 12.2 Å². The summed E-state index contributed by atoms with van der Waals surface area (Å²) < 4.78 is 5.26. The van der Waals surface area contributed by atoms with E-state index in [4.69, 9.17) is 10.5 Å². The summed E-state index contributed by atoms with van der Waals surface area (Å²) in [4.78, 5) is 0. The van der Waals surface area contributed by atoms with Crippen LogP contribution in [0.2, 0.25) is 0 Å². The maximum absolute atomic E-state index is 9.43. The lowest BCUT2D eigenvalue weighted by Gasteiger charge is -2.20. The van der Waals surface area contributed by atoms with Gasteiger partial charge in [0.15, 0.2) is 0 Å². The molecule has 3 heteroatoms. The van der Waals surface area contributed by atoms with Crippen LogP contribution in [-0.4, -0.2) is 30.5 Å². The zero-order valence-electron chi connectivity index (χ0n) is 8.18. The third-order valence-corrected chi connectivity index (χ3v) is 1.74. The lowest BCUT2D eigenvalue weighted by atomic mass is 10.1. The molecule has 0 bridgehead atoms. The van der Waals surface area contributed by atoms with Gasteiger partial charge in [-0.25, -0.2) is 0 Å². The number of nitrogens with two attached hydrogens (primary N) is 1. The van der Waals surface area contributed by atoms with Crippen LogP contribution in [0, 0.1) is 0 Å². The van der Waals surface area contributed by atoms with Gasteiger partial charge in [-0.2, -0.15) is 0 Å². The molecule has 12 heavy (non-hydrogen) atoms. The molecule has 0 rings (SSSR count). The van der Waals surface area contributed by atoms with Crippen LogP contribution in [-0.2, 0) is 4.74 Å². The smallest absolute Gasteiger partial charge is 0.0973 e. The van der Waals surface area contributed by atoms with Crippen molar-refractivity contribution in [2.45, 2.75) is 38.7 Å². The first-order valence-electron chi connectivity index (χ1n) is 4.62. The molecule has 0 saturated heterocycles. The molecule has 0 aromatic rings. The lowest BCUT2D eigenvalue weighted by molar-refractivity contribution is -0.0279. The Kier molecular flexibility index (Phi) is 6.34. The van der Waals surface area contributed by atoms with E-state index >= 15 is 0 Å². The molecule has 0 aliphatic carbocycles. The highest BCUT2D eigenvalue weighted by Gasteiger charge is 2.17. The summed E-state index contributed by atoms with van der Waals surface area (Å²) >= 11 is 0. The first-order valence-corrected chi connectivity index (χ1v) is 4.62. The number of hydrogen-bond donors (Lipinski definition) is 2. The minimum absolute atomic E-state index is 0.251. The highest BCUT2D eigenvalue weighted by molar-refractivity contribution is 4.71. The molecular formula is C9H21NO2. The van der Waals surface area contributed by atoms with E-state index in [0.29, 0.717) is 6.61 Å². The van der Waals surface area contributed by atoms with Gasteiger partial charge in [0.2, 0.25) is 0 Å². The second kappa shape index (κ2) is 6.40. The normalized spacial score (nSPS) is 16.0. The molecular weight excluding hydrogens is 154 g/mol. The van der Waals surface area contributed by atoms with Crippen LogP contribution in [0.3, 0.4) is 0 Å². The fourth-order valence-corrected chi connectivity index (χ4v) is 0.805. The summed E-state index contributed by atoms with van der Waals surface area (Å²) in [5.41, 5.74) is 4.46. The summed E-state index contributed by atoms with van der Waals surface area (Å²) in [7, 11) is 0. The van der Waals surface area contributed by atoms with Crippen molar-refractivity contribution in [3.63, 3.8) is 0 Å². The quantitative estimate of drug-likeness (QED) is 0.565. The number of unbranched alkanes of at least 4 members (excludes halogenated alkanes) is 2. The Hall–Kier alpha value is -0.120. The highest BCUT2D eigenvalue weighted by Crippen LogP contribution is 2.02. The van der Waals surface area contributed by atoms with Gasteiger partial charge >= 0.3 is 0 Å². The van der Waals surface area contributed by atoms with Crippen LogP contribution in [0.4, 0.5) is 0 Å². The largest absolute Gasteiger partial charge is 0.386 e. The Morgan fingerprint density at radius 1 is 1.42 bits per heavy atom. The van der Waals surface area contributed by atoms with E-state index in [1.807, 2.05) is 0 Å². The molecule has 0 aliphatic heterocycles. The molecule has 0 radical (unpaired) electrons. The van der Waals surface area contributed by atoms with Crippen molar-refractivity contribution >= 4 is 0 Å². The molecule has 1 unspecified atom stereocenters. The van der Waals surface area contributed by atoms with Gasteiger partial charge in [-0.05, 0) is 13.3 Å². The van der Waals surface area contributed by atoms with Crippen LogP contribution in [0.25, 0.3) is 0 Å². The number of aliphatic hydroxyl groups is 1. The standard InChI is InChI=1S/C9H21NO2/c1-3-4-5-6-12-8-9(2,11)7-10/h11H,3-8,10H2,1-2H3. The maximum atomic E-state index is 9.43. The van der Waals surface area contributed by atoms with Gasteiger partial charge < -0.3 is 15.6 Å². The zero-order valence-corrected chi connectivity index (χ0v) is 8.18. The Labute approximate surface area is 74.9 Å². The van der Waals surface area contributed by atoms with E-state index in [-0.39, 0.29) is 6.54 Å². The first-order chi connectivity index (χ1) is 5.62. The summed E-state index contributed by atoms with van der Waals surface area (Å²) in [5, 5.41) is 9.43. The van der Waals surface area contributed by atoms with Gasteiger partial charge in [0.1, 0.15) is 0 Å². The lowest BCUT2D eigenvalue weighted by Crippen LogP contribution is -2.39. The molecule has 0 aliphatic rings. The third kappa shape index (κ3) is 6.58. The topological polar surface area (TPSA) is 55.5 Å². The van der Waals surface area contributed by atoms with E-state index < -0.39 is 5.60 Å². The van der Waals surface area contributed by atoms with Crippen molar-refractivity contribution in [2.75, 3.05) is 19.8 Å². The van der Waals surface area contributed by atoms with Crippen molar-refractivity contribution in [2.24, 2.45) is 5.73 Å². The van der Waals surface area contributed by atoms with Gasteiger partial charge in [-0.15, -0.1) is 0 Å². The van der Waals surface area contributed by atoms with Crippen molar-refractivity contribution in [1.29, 1.82) is 0 Å². The Bertz CT molecular complexity index is 105. The Balaban J connectivity index is 3.19. The molecule has 74 valence electrons. The summed E-state index contributed by atoms with van der Waals surface area (Å²) in [6, 6.07) is 0. The van der Waals surface area contributed by atoms with E-state index in [2.05, 4.69) is 6.92 Å². The third-order valence-electron chi connectivity index (χ3n) is 1.74. The summed E-state index contributed by atoms with van der Waals surface area (Å²) in [5.74, 6) is 0. The van der Waals surface area contributed by atoms with Crippen LogP contribution >= 0.6 is 0 Å². The fraction of sp³-hybridized carbons (Fsp3) is 1.00. The first kappa shape index (κ1) is 11.9. The monoisotopic (exact) mass is 175 g/mol. The molecule has 0 spiro atoms. The molecule has 0 aromatic heterocycles. The van der Waals surface area contributed by atoms with Crippen LogP contribution in [0.15, 0.2) is 0 Å². The van der Waals surface area contributed by atoms with E-state index in [1.165, 1.54) is 12.8 Å². The molecule has 1 atom stereocenters. The average molecular weight is 175 g/mol. The Morgan fingerprint density at radius 3 is 2.58 bits per heavy atom. The van der Waals surface area contributed by atoms with Crippen LogP contribution < -0.4 is 5.73 Å². The fourth-order valence-electron chi connectivity index (χ4n) is 0.805. The molecule has 0 heterocycles. The minimum atomic E-state index is -0.855. The molecule has 3 N–H and O–H groups in total. The SMILES string of the molecule is CCCCCOCC(C)(O)CN. The van der Waals surface area contributed by atoms with Gasteiger partial charge in [-0.1, -0.05) is 19.8 Å². The minimum Gasteiger partial charge on any atom is -0.386 e. The average Bonchev–Trinajstić information content (AvgIpc) is 2.04. The molecule has 0 aromatic carbocycles. The number of rotatable bonds is 7. The van der Waals surface area contributed by atoms with Gasteiger partial charge in [0.25, 0.3) is 0 Å². The summed E-state index contributed by atoms with van der Waals surface area (Å²) in [6.45, 7) is 5.15. The van der Waals surface area contributed by atoms with Crippen molar-refractivity contribution < 1.29 is 9.84 Å². The second-order valence-corrected chi connectivity index (χ2v) is 3.46. The highest BCUT2D eigenvalue weighted by atomic mass is 16.5. The molecule has 0 saturated carbocycles. The molecule has 0 fully saturated rings. The maximum Gasteiger partial charge on any atom is 0.0973 e. The predicted molar refractivity (Wildman–Crippen MR) is 50.0 cm³/mol. The van der Waals surface area contributed by atoms with Crippen LogP contribution in [0.1, 0.15) is 33.1 Å². The van der Waals surface area contributed by atoms with Gasteiger partial charge in [-0.3, -0.25) is 0 Å². The van der Waals surface area contributed by atoms with Crippen molar-refractivity contribution in [1.82, 2.24) is 0 Å². The van der Waals surface area contributed by atoms with E-state index in [9.17, 15) is 5.11 Å². The molecule has 0 amide bonds. The zero-order chi connectivity index (χ0) is 9.45. The van der Waals surface area contributed by atoms with Crippen LogP contribution in [0.5, 0.6) is 0 Å². The predicted octanol–water partition coefficient (Wildman–Crippen LogP) is 0.903. The number of ether oxygens (including phenoxy) is 1. The Morgan fingerprint density at radius 2 is 2.08 bits per heavy atom. The second-order valence-electron chi connectivity index (χ2n) is 3.46. The van der Waals surface area contributed by atoms with E-state index in [1.54, 1.807) is 6.92 Å². The number of hydrogen-bond acceptors (Lipinski definition) is 3.